The van der Waals surface area contributed by atoms with Crippen molar-refractivity contribution in [2.75, 3.05) is 7.11 Å². The van der Waals surface area contributed by atoms with Gasteiger partial charge in [-0.05, 0) is 67.6 Å². The van der Waals surface area contributed by atoms with Gasteiger partial charge >= 0.3 is 0 Å². The highest BCUT2D eigenvalue weighted by molar-refractivity contribution is 8.18. The standard InChI is InChI=1S/C29H27N3O2S/c1-20(2)31-19-22(25-11-7-8-12-26(25)31)17-27-28(33)32(18-21-13-15-24(34-3)16-14-21)29(35-27)30-23-9-5-4-6-10-23/h4-17,19-20H,18H2,1-3H3. The molecule has 0 N–H and O–H groups in total. The molecule has 2 heterocycles. The van der Waals surface area contributed by atoms with Gasteiger partial charge in [-0.25, -0.2) is 4.99 Å². The zero-order chi connectivity index (χ0) is 24.4. The predicted octanol–water partition coefficient (Wildman–Crippen LogP) is 7.04. The maximum Gasteiger partial charge on any atom is 0.267 e. The van der Waals surface area contributed by atoms with Gasteiger partial charge in [0.15, 0.2) is 5.17 Å². The zero-order valence-electron chi connectivity index (χ0n) is 20.0. The fourth-order valence-corrected chi connectivity index (χ4v) is 5.16. The SMILES string of the molecule is COc1ccc(CN2C(=O)C(=Cc3cn(C(C)C)c4ccccc34)SC2=Nc2ccccc2)cc1. The highest BCUT2D eigenvalue weighted by atomic mass is 32.2. The van der Waals surface area contributed by atoms with Crippen LogP contribution in [0.1, 0.15) is 31.0 Å². The molecule has 6 heteroatoms. The van der Waals surface area contributed by atoms with E-state index in [0.717, 1.165) is 33.5 Å². The molecule has 4 aromatic rings. The number of nitrogens with zero attached hydrogens (tertiary/aromatic N) is 3. The number of fused-ring (bicyclic) bond motifs is 1. The summed E-state index contributed by atoms with van der Waals surface area (Å²) < 4.78 is 7.53. The predicted molar refractivity (Wildman–Crippen MR) is 145 cm³/mol. The number of hydrogen-bond donors (Lipinski definition) is 0. The molecule has 1 aromatic heterocycles. The summed E-state index contributed by atoms with van der Waals surface area (Å²) in [7, 11) is 1.65. The Morgan fingerprint density at radius 1 is 0.971 bits per heavy atom. The summed E-state index contributed by atoms with van der Waals surface area (Å²) in [4.78, 5) is 20.9. The van der Waals surface area contributed by atoms with E-state index < -0.39 is 0 Å². The highest BCUT2D eigenvalue weighted by Crippen LogP contribution is 2.37. The largest absolute Gasteiger partial charge is 0.497 e. The van der Waals surface area contributed by atoms with Crippen LogP contribution in [-0.4, -0.2) is 27.7 Å². The number of thioether (sulfide) groups is 1. The van der Waals surface area contributed by atoms with Crippen LogP contribution in [0.3, 0.4) is 0 Å². The lowest BCUT2D eigenvalue weighted by molar-refractivity contribution is -0.122. The fraction of sp³-hybridized carbons (Fsp3) is 0.172. The van der Waals surface area contributed by atoms with E-state index in [1.54, 1.807) is 12.0 Å². The minimum absolute atomic E-state index is 0.0399. The van der Waals surface area contributed by atoms with Crippen molar-refractivity contribution in [3.63, 3.8) is 0 Å². The van der Waals surface area contributed by atoms with Gasteiger partial charge in [-0.3, -0.25) is 9.69 Å². The van der Waals surface area contributed by atoms with Gasteiger partial charge in [0.05, 0.1) is 24.2 Å². The number of aromatic nitrogens is 1. The molecule has 0 bridgehead atoms. The van der Waals surface area contributed by atoms with Gasteiger partial charge < -0.3 is 9.30 Å². The lowest BCUT2D eigenvalue weighted by atomic mass is 10.1. The Hall–Kier alpha value is -3.77. The van der Waals surface area contributed by atoms with Gasteiger partial charge in [0.25, 0.3) is 5.91 Å². The quantitative estimate of drug-likeness (QED) is 0.278. The number of aliphatic imine (C=N–C) groups is 1. The second kappa shape index (κ2) is 9.84. The molecular weight excluding hydrogens is 454 g/mol. The molecule has 0 saturated carbocycles. The normalized spacial score (nSPS) is 16.2. The van der Waals surface area contributed by atoms with Crippen molar-refractivity contribution in [3.8, 4) is 5.75 Å². The smallest absolute Gasteiger partial charge is 0.267 e. The van der Waals surface area contributed by atoms with Crippen molar-refractivity contribution in [2.45, 2.75) is 26.4 Å². The molecule has 1 saturated heterocycles. The van der Waals surface area contributed by atoms with Gasteiger partial charge in [-0.15, -0.1) is 0 Å². The number of carbonyl (C=O) groups is 1. The number of hydrogen-bond acceptors (Lipinski definition) is 4. The molecule has 176 valence electrons. The zero-order valence-corrected chi connectivity index (χ0v) is 20.8. The molecule has 3 aromatic carbocycles. The number of ether oxygens (including phenoxy) is 1. The number of para-hydroxylation sites is 2. The molecular formula is C29H27N3O2S. The van der Waals surface area contributed by atoms with E-state index in [0.29, 0.717) is 22.7 Å². The average Bonchev–Trinajstić information content (AvgIpc) is 3.39. The fourth-order valence-electron chi connectivity index (χ4n) is 4.17. The van der Waals surface area contributed by atoms with E-state index in [4.69, 9.17) is 9.73 Å². The second-order valence-corrected chi connectivity index (χ2v) is 9.69. The molecule has 0 unspecified atom stereocenters. The van der Waals surface area contributed by atoms with E-state index >= 15 is 0 Å². The van der Waals surface area contributed by atoms with E-state index in [1.165, 1.54) is 11.8 Å². The Bertz CT molecular complexity index is 1420. The monoisotopic (exact) mass is 481 g/mol. The van der Waals surface area contributed by atoms with E-state index in [1.807, 2.05) is 66.7 Å². The Labute approximate surface area is 209 Å². The van der Waals surface area contributed by atoms with Crippen molar-refractivity contribution in [2.24, 2.45) is 4.99 Å². The van der Waals surface area contributed by atoms with Crippen molar-refractivity contribution in [3.05, 3.63) is 101 Å². The lowest BCUT2D eigenvalue weighted by Crippen LogP contribution is -2.28. The highest BCUT2D eigenvalue weighted by Gasteiger charge is 2.33. The number of carbonyl (C=O) groups excluding carboxylic acids is 1. The lowest BCUT2D eigenvalue weighted by Gasteiger charge is -2.16. The van der Waals surface area contributed by atoms with Gasteiger partial charge in [0, 0.05) is 28.7 Å². The van der Waals surface area contributed by atoms with Gasteiger partial charge in [-0.2, -0.15) is 0 Å². The van der Waals surface area contributed by atoms with Crippen molar-refractivity contribution < 1.29 is 9.53 Å². The second-order valence-electron chi connectivity index (χ2n) is 8.68. The molecule has 5 nitrogen and oxygen atoms in total. The van der Waals surface area contributed by atoms with Crippen molar-refractivity contribution in [1.82, 2.24) is 9.47 Å². The third-order valence-electron chi connectivity index (χ3n) is 5.98. The third kappa shape index (κ3) is 4.75. The maximum atomic E-state index is 13.6. The Morgan fingerprint density at radius 2 is 1.69 bits per heavy atom. The first kappa shape index (κ1) is 23.0. The third-order valence-corrected chi connectivity index (χ3v) is 6.99. The number of methoxy groups -OCH3 is 1. The van der Waals surface area contributed by atoms with Gasteiger partial charge in [0.1, 0.15) is 5.75 Å². The Balaban J connectivity index is 1.54. The Morgan fingerprint density at radius 3 is 2.40 bits per heavy atom. The van der Waals surface area contributed by atoms with Gasteiger partial charge in [0.2, 0.25) is 0 Å². The first-order valence-electron chi connectivity index (χ1n) is 11.6. The van der Waals surface area contributed by atoms with Crippen LogP contribution in [0, 0.1) is 0 Å². The number of amides is 1. The number of amidine groups is 1. The molecule has 1 aliphatic heterocycles. The van der Waals surface area contributed by atoms with Crippen LogP contribution in [0.15, 0.2) is 95.0 Å². The maximum absolute atomic E-state index is 13.6. The molecule has 5 rings (SSSR count). The van der Waals surface area contributed by atoms with E-state index in [9.17, 15) is 4.79 Å². The summed E-state index contributed by atoms with van der Waals surface area (Å²) in [5.74, 6) is 0.748. The summed E-state index contributed by atoms with van der Waals surface area (Å²) in [6.45, 7) is 4.77. The van der Waals surface area contributed by atoms with Crippen LogP contribution in [0.25, 0.3) is 17.0 Å². The summed E-state index contributed by atoms with van der Waals surface area (Å²) >= 11 is 1.42. The summed E-state index contributed by atoms with van der Waals surface area (Å²) in [5, 5.41) is 1.81. The minimum Gasteiger partial charge on any atom is -0.497 e. The average molecular weight is 482 g/mol. The molecule has 1 aliphatic rings. The summed E-state index contributed by atoms with van der Waals surface area (Å²) in [6, 6.07) is 26.2. The first-order valence-corrected chi connectivity index (χ1v) is 12.4. The molecule has 0 aliphatic carbocycles. The summed E-state index contributed by atoms with van der Waals surface area (Å²) in [5.41, 5.74) is 4.03. The van der Waals surface area contributed by atoms with E-state index in [2.05, 4.69) is 42.8 Å². The van der Waals surface area contributed by atoms with Crippen LogP contribution < -0.4 is 4.74 Å². The van der Waals surface area contributed by atoms with Crippen molar-refractivity contribution >= 4 is 45.5 Å². The van der Waals surface area contributed by atoms with Crippen LogP contribution in [0.4, 0.5) is 5.69 Å². The van der Waals surface area contributed by atoms with E-state index in [-0.39, 0.29) is 5.91 Å². The topological polar surface area (TPSA) is 46.8 Å². The molecule has 1 fully saturated rings. The van der Waals surface area contributed by atoms with Crippen LogP contribution >= 0.6 is 11.8 Å². The summed E-state index contributed by atoms with van der Waals surface area (Å²) in [6.07, 6.45) is 4.14. The molecule has 0 atom stereocenters. The number of benzene rings is 3. The van der Waals surface area contributed by atoms with Gasteiger partial charge in [-0.1, -0.05) is 48.5 Å². The first-order chi connectivity index (χ1) is 17.0. The number of rotatable bonds is 6. The van der Waals surface area contributed by atoms with Crippen LogP contribution in [0.5, 0.6) is 5.75 Å². The Kier molecular flexibility index (Phi) is 6.47. The molecule has 0 radical (unpaired) electrons. The molecule has 1 amide bonds. The van der Waals surface area contributed by atoms with Crippen molar-refractivity contribution in [1.29, 1.82) is 0 Å². The van der Waals surface area contributed by atoms with Crippen LogP contribution in [0.2, 0.25) is 0 Å². The molecule has 35 heavy (non-hydrogen) atoms. The van der Waals surface area contributed by atoms with Crippen LogP contribution in [-0.2, 0) is 11.3 Å². The minimum atomic E-state index is -0.0399. The molecule has 0 spiro atoms.